The molecule has 1 aliphatic heterocycles. The highest BCUT2D eigenvalue weighted by molar-refractivity contribution is 6.35. The molecule has 0 saturated heterocycles. The van der Waals surface area contributed by atoms with Crippen LogP contribution in [0.2, 0.25) is 10.0 Å². The molecule has 2 aromatic rings. The van der Waals surface area contributed by atoms with Crippen molar-refractivity contribution in [2.45, 2.75) is 19.4 Å². The molecular formula is C17H17Cl2N. The zero-order chi connectivity index (χ0) is 14.3. The van der Waals surface area contributed by atoms with Crippen molar-refractivity contribution in [3.63, 3.8) is 0 Å². The molecule has 104 valence electrons. The number of hydrogen-bond acceptors (Lipinski definition) is 1. The van der Waals surface area contributed by atoms with Crippen molar-refractivity contribution in [3.05, 3.63) is 68.7 Å². The van der Waals surface area contributed by atoms with E-state index in [9.17, 15) is 0 Å². The smallest absolute Gasteiger partial charge is 0.0468 e. The normalized spacial score (nSPS) is 18.9. The van der Waals surface area contributed by atoms with Gasteiger partial charge >= 0.3 is 0 Å². The number of fused-ring (bicyclic) bond motifs is 1. The van der Waals surface area contributed by atoms with Crippen molar-refractivity contribution in [1.82, 2.24) is 4.90 Å². The summed E-state index contributed by atoms with van der Waals surface area (Å²) in [4.78, 5) is 2.32. The Morgan fingerprint density at radius 1 is 1.10 bits per heavy atom. The predicted molar refractivity (Wildman–Crippen MR) is 85.8 cm³/mol. The van der Waals surface area contributed by atoms with Gasteiger partial charge in [0.1, 0.15) is 0 Å². The van der Waals surface area contributed by atoms with Crippen molar-refractivity contribution < 1.29 is 0 Å². The van der Waals surface area contributed by atoms with Crippen molar-refractivity contribution in [2.75, 3.05) is 13.6 Å². The van der Waals surface area contributed by atoms with Gasteiger partial charge in [-0.1, -0.05) is 47.5 Å². The zero-order valence-electron chi connectivity index (χ0n) is 11.7. The summed E-state index contributed by atoms with van der Waals surface area (Å²) in [6.45, 7) is 4.04. The number of halogens is 2. The number of nitrogens with zero attached hydrogens (tertiary/aromatic N) is 1. The summed E-state index contributed by atoms with van der Waals surface area (Å²) in [5.41, 5.74) is 5.15. The minimum Gasteiger partial charge on any atom is -0.301 e. The van der Waals surface area contributed by atoms with Gasteiger partial charge in [0.2, 0.25) is 0 Å². The standard InChI is InChI=1S/C17H17Cl2N/c1-11-5-3-4-6-13(11)15-9-20(2)10-16-14(15)7-12(18)8-17(16)19/h3-8,15H,9-10H2,1-2H3. The van der Waals surface area contributed by atoms with Crippen molar-refractivity contribution in [1.29, 1.82) is 0 Å². The van der Waals surface area contributed by atoms with Crippen LogP contribution in [0.15, 0.2) is 36.4 Å². The summed E-state index contributed by atoms with van der Waals surface area (Å²) in [6, 6.07) is 12.5. The lowest BCUT2D eigenvalue weighted by molar-refractivity contribution is 0.295. The molecule has 1 unspecified atom stereocenters. The molecule has 0 aliphatic carbocycles. The van der Waals surface area contributed by atoms with Crippen LogP contribution >= 0.6 is 23.2 Å². The first kappa shape index (κ1) is 13.9. The van der Waals surface area contributed by atoms with E-state index in [1.54, 1.807) is 0 Å². The third kappa shape index (κ3) is 2.46. The van der Waals surface area contributed by atoms with Crippen LogP contribution in [-0.4, -0.2) is 18.5 Å². The van der Waals surface area contributed by atoms with E-state index >= 15 is 0 Å². The molecular weight excluding hydrogens is 289 g/mol. The molecule has 3 rings (SSSR count). The zero-order valence-corrected chi connectivity index (χ0v) is 13.2. The minimum atomic E-state index is 0.334. The van der Waals surface area contributed by atoms with Crippen LogP contribution < -0.4 is 0 Å². The Morgan fingerprint density at radius 3 is 2.60 bits per heavy atom. The summed E-state index contributed by atoms with van der Waals surface area (Å²) in [5, 5.41) is 1.49. The van der Waals surface area contributed by atoms with Crippen LogP contribution in [0.25, 0.3) is 0 Å². The second-order valence-electron chi connectivity index (χ2n) is 5.56. The lowest BCUT2D eigenvalue weighted by Crippen LogP contribution is -2.31. The average molecular weight is 306 g/mol. The molecule has 0 spiro atoms. The Hall–Kier alpha value is -1.02. The fraction of sp³-hybridized carbons (Fsp3) is 0.294. The summed E-state index contributed by atoms with van der Waals surface area (Å²) in [7, 11) is 2.14. The number of aryl methyl sites for hydroxylation is 1. The van der Waals surface area contributed by atoms with Crippen molar-refractivity contribution >= 4 is 23.2 Å². The van der Waals surface area contributed by atoms with Crippen LogP contribution in [0.3, 0.4) is 0 Å². The van der Waals surface area contributed by atoms with Gasteiger partial charge in [0.25, 0.3) is 0 Å². The van der Waals surface area contributed by atoms with Crippen LogP contribution in [0, 0.1) is 6.92 Å². The highest BCUT2D eigenvalue weighted by Gasteiger charge is 2.27. The first-order valence-corrected chi connectivity index (χ1v) is 7.53. The van der Waals surface area contributed by atoms with Crippen molar-refractivity contribution in [2.24, 2.45) is 0 Å². The molecule has 0 amide bonds. The third-order valence-electron chi connectivity index (χ3n) is 4.06. The summed E-state index contributed by atoms with van der Waals surface area (Å²) < 4.78 is 0. The molecule has 20 heavy (non-hydrogen) atoms. The average Bonchev–Trinajstić information content (AvgIpc) is 2.40. The molecule has 0 bridgehead atoms. The minimum absolute atomic E-state index is 0.334. The van der Waals surface area contributed by atoms with Gasteiger partial charge in [0.15, 0.2) is 0 Å². The van der Waals surface area contributed by atoms with Gasteiger partial charge in [-0.15, -0.1) is 0 Å². The monoisotopic (exact) mass is 305 g/mol. The van der Waals surface area contributed by atoms with Gasteiger partial charge in [0.05, 0.1) is 0 Å². The first-order valence-electron chi connectivity index (χ1n) is 6.78. The molecule has 0 radical (unpaired) electrons. The molecule has 1 atom stereocenters. The lowest BCUT2D eigenvalue weighted by atomic mass is 9.83. The van der Waals surface area contributed by atoms with Gasteiger partial charge in [-0.05, 0) is 48.4 Å². The third-order valence-corrected chi connectivity index (χ3v) is 4.61. The van der Waals surface area contributed by atoms with Crippen molar-refractivity contribution in [3.8, 4) is 0 Å². The Morgan fingerprint density at radius 2 is 1.85 bits per heavy atom. The van der Waals surface area contributed by atoms with E-state index in [2.05, 4.69) is 49.2 Å². The molecule has 2 aromatic carbocycles. The van der Waals surface area contributed by atoms with E-state index in [4.69, 9.17) is 23.2 Å². The van der Waals surface area contributed by atoms with Gasteiger partial charge in [0, 0.05) is 29.1 Å². The predicted octanol–water partition coefficient (Wildman–Crippen LogP) is 4.88. The van der Waals surface area contributed by atoms with E-state index in [0.717, 1.165) is 23.1 Å². The van der Waals surface area contributed by atoms with Gasteiger partial charge < -0.3 is 4.90 Å². The van der Waals surface area contributed by atoms with E-state index in [0.29, 0.717) is 5.92 Å². The Bertz CT molecular complexity index is 651. The topological polar surface area (TPSA) is 3.24 Å². The van der Waals surface area contributed by atoms with E-state index in [1.807, 2.05) is 6.07 Å². The summed E-state index contributed by atoms with van der Waals surface area (Å²) in [5.74, 6) is 0.334. The fourth-order valence-electron chi connectivity index (χ4n) is 3.09. The summed E-state index contributed by atoms with van der Waals surface area (Å²) >= 11 is 12.6. The Kier molecular flexibility index (Phi) is 3.76. The number of hydrogen-bond donors (Lipinski definition) is 0. The van der Waals surface area contributed by atoms with Gasteiger partial charge in [-0.2, -0.15) is 0 Å². The molecule has 3 heteroatoms. The maximum atomic E-state index is 6.39. The fourth-order valence-corrected chi connectivity index (χ4v) is 3.66. The first-order chi connectivity index (χ1) is 9.56. The Labute approximate surface area is 130 Å². The molecule has 1 heterocycles. The van der Waals surface area contributed by atoms with E-state index < -0.39 is 0 Å². The van der Waals surface area contributed by atoms with Crippen LogP contribution in [0.5, 0.6) is 0 Å². The maximum absolute atomic E-state index is 6.39. The van der Waals surface area contributed by atoms with Gasteiger partial charge in [-0.3, -0.25) is 0 Å². The Balaban J connectivity index is 2.18. The van der Waals surface area contributed by atoms with Gasteiger partial charge in [-0.25, -0.2) is 0 Å². The summed E-state index contributed by atoms with van der Waals surface area (Å²) in [6.07, 6.45) is 0. The maximum Gasteiger partial charge on any atom is 0.0468 e. The highest BCUT2D eigenvalue weighted by atomic mass is 35.5. The second-order valence-corrected chi connectivity index (χ2v) is 6.40. The number of likely N-dealkylation sites (N-methyl/N-ethyl adjacent to an activating group) is 1. The lowest BCUT2D eigenvalue weighted by Gasteiger charge is -2.34. The molecule has 0 saturated carbocycles. The van der Waals surface area contributed by atoms with Crippen LogP contribution in [0.4, 0.5) is 0 Å². The second kappa shape index (κ2) is 5.40. The molecule has 0 aromatic heterocycles. The number of rotatable bonds is 1. The molecule has 0 fully saturated rings. The van der Waals surface area contributed by atoms with Crippen LogP contribution in [-0.2, 0) is 6.54 Å². The van der Waals surface area contributed by atoms with E-state index in [1.165, 1.54) is 22.3 Å². The number of benzene rings is 2. The molecule has 1 aliphatic rings. The SMILES string of the molecule is Cc1ccccc1C1CN(C)Cc2c(Cl)cc(Cl)cc21. The van der Waals surface area contributed by atoms with E-state index in [-0.39, 0.29) is 0 Å². The molecule has 0 N–H and O–H groups in total. The largest absolute Gasteiger partial charge is 0.301 e. The quantitative estimate of drug-likeness (QED) is 0.726. The highest BCUT2D eigenvalue weighted by Crippen LogP contribution is 2.39. The molecule has 1 nitrogen and oxygen atoms in total. The van der Waals surface area contributed by atoms with Crippen LogP contribution in [0.1, 0.15) is 28.2 Å².